The summed E-state index contributed by atoms with van der Waals surface area (Å²) in [5.74, 6) is -2.09. The number of likely N-dealkylation sites (tertiary alicyclic amines) is 1. The van der Waals surface area contributed by atoms with Crippen molar-refractivity contribution < 1.29 is 29.0 Å². The average molecular weight is 474 g/mol. The second-order valence-electron chi connectivity index (χ2n) is 9.48. The maximum Gasteiger partial charge on any atom is 0.233 e. The molecule has 0 spiro atoms. The van der Waals surface area contributed by atoms with Gasteiger partial charge in [0.25, 0.3) is 0 Å². The number of phenolic OH excluding ortho intramolecular Hbond substituents is 1. The molecule has 7 nitrogen and oxygen atoms in total. The van der Waals surface area contributed by atoms with Crippen molar-refractivity contribution in [3.8, 4) is 11.5 Å². The number of carbonyl (C=O) groups excluding carboxylic acids is 4. The number of hydrogen-bond acceptors (Lipinski definition) is 6. The van der Waals surface area contributed by atoms with Crippen LogP contribution in [-0.4, -0.2) is 47.0 Å². The van der Waals surface area contributed by atoms with Crippen LogP contribution in [0, 0.1) is 23.7 Å². The summed E-state index contributed by atoms with van der Waals surface area (Å²) in [6.45, 7) is 3.76. The van der Waals surface area contributed by atoms with Crippen LogP contribution in [0.3, 0.4) is 0 Å². The van der Waals surface area contributed by atoms with E-state index in [1.54, 1.807) is 26.0 Å². The topological polar surface area (TPSA) is 101 Å². The molecule has 1 aromatic rings. The zero-order valence-electron chi connectivity index (χ0n) is 19.9. The van der Waals surface area contributed by atoms with Crippen molar-refractivity contribution in [2.24, 2.45) is 23.7 Å². The normalized spacial score (nSPS) is 28.1. The van der Waals surface area contributed by atoms with E-state index in [-0.39, 0.29) is 41.5 Å². The second kappa shape index (κ2) is 8.48. The zero-order valence-corrected chi connectivity index (χ0v) is 19.9. The molecule has 3 aliphatic carbocycles. The predicted molar refractivity (Wildman–Crippen MR) is 128 cm³/mol. The Morgan fingerprint density at radius 1 is 1.14 bits per heavy atom. The third-order valence-corrected chi connectivity index (χ3v) is 7.71. The molecule has 0 unspecified atom stereocenters. The molecule has 180 valence electrons. The number of hydrogen-bond donors (Lipinski definition) is 1. The van der Waals surface area contributed by atoms with Crippen LogP contribution in [0.1, 0.15) is 32.3 Å². The highest BCUT2D eigenvalue weighted by molar-refractivity contribution is 6.23. The molecule has 0 radical (unpaired) electrons. The molecule has 0 aromatic heterocycles. The molecule has 1 aliphatic heterocycles. The van der Waals surface area contributed by atoms with Crippen LogP contribution < -0.4 is 4.74 Å². The van der Waals surface area contributed by atoms with Crippen LogP contribution in [0.15, 0.2) is 58.7 Å². The Morgan fingerprint density at radius 3 is 2.63 bits per heavy atom. The number of fused-ring (bicyclic) bond motifs is 3. The molecule has 0 bridgehead atoms. The van der Waals surface area contributed by atoms with Gasteiger partial charge >= 0.3 is 0 Å². The maximum absolute atomic E-state index is 13.3. The van der Waals surface area contributed by atoms with Gasteiger partial charge in [-0.1, -0.05) is 29.9 Å². The molecule has 1 N–H and O–H groups in total. The molecule has 2 amide bonds. The molecular weight excluding hydrogens is 446 g/mol. The van der Waals surface area contributed by atoms with E-state index in [2.05, 4.69) is 0 Å². The largest absolute Gasteiger partial charge is 0.504 e. The summed E-state index contributed by atoms with van der Waals surface area (Å²) in [6, 6.07) is 4.94. The first-order valence-corrected chi connectivity index (χ1v) is 11.9. The van der Waals surface area contributed by atoms with E-state index in [1.807, 2.05) is 18.2 Å². The smallest absolute Gasteiger partial charge is 0.233 e. The van der Waals surface area contributed by atoms with Crippen LogP contribution >= 0.6 is 0 Å². The molecule has 1 aromatic carbocycles. The van der Waals surface area contributed by atoms with Crippen molar-refractivity contribution in [2.75, 3.05) is 13.7 Å². The summed E-state index contributed by atoms with van der Waals surface area (Å²) < 4.78 is 5.20. The van der Waals surface area contributed by atoms with E-state index in [4.69, 9.17) is 4.74 Å². The quantitative estimate of drug-likeness (QED) is 0.409. The van der Waals surface area contributed by atoms with Gasteiger partial charge in [0.2, 0.25) is 11.8 Å². The third kappa shape index (κ3) is 3.49. The highest BCUT2D eigenvalue weighted by Crippen LogP contribution is 2.52. The zero-order chi connectivity index (χ0) is 25.0. The number of amides is 2. The first-order chi connectivity index (χ1) is 16.8. The number of nitrogens with zero attached hydrogens (tertiary/aromatic N) is 1. The van der Waals surface area contributed by atoms with Crippen LogP contribution in [0.4, 0.5) is 0 Å². The lowest BCUT2D eigenvalue weighted by Crippen LogP contribution is -2.40. The number of carbonyl (C=O) groups is 4. The summed E-state index contributed by atoms with van der Waals surface area (Å²) in [7, 11) is 1.47. The highest BCUT2D eigenvalue weighted by atomic mass is 16.5. The molecule has 1 fully saturated rings. The number of imide groups is 1. The number of Topliss-reactive ketones (excluding diaryl/α,β-unsaturated/α-hetero) is 1. The Morgan fingerprint density at radius 2 is 1.91 bits per heavy atom. The minimum absolute atomic E-state index is 0.0205. The number of methoxy groups -OCH3 is 1. The van der Waals surface area contributed by atoms with Crippen molar-refractivity contribution in [1.82, 2.24) is 4.90 Å². The Kier molecular flexibility index (Phi) is 5.58. The molecule has 35 heavy (non-hydrogen) atoms. The number of benzene rings is 1. The Balaban J connectivity index is 1.61. The first-order valence-electron chi connectivity index (χ1n) is 11.9. The fraction of sp³-hybridized carbons (Fsp3) is 0.357. The number of allylic oxidation sites excluding steroid dienone is 7. The van der Waals surface area contributed by atoms with Crippen LogP contribution in [-0.2, 0) is 19.2 Å². The average Bonchev–Trinajstić information content (AvgIpc) is 3.10. The van der Waals surface area contributed by atoms with E-state index in [0.29, 0.717) is 35.4 Å². The van der Waals surface area contributed by atoms with Gasteiger partial charge in [-0.2, -0.15) is 0 Å². The van der Waals surface area contributed by atoms with E-state index in [9.17, 15) is 24.3 Å². The fourth-order valence-corrected chi connectivity index (χ4v) is 6.02. The van der Waals surface area contributed by atoms with Gasteiger partial charge in [0.1, 0.15) is 0 Å². The van der Waals surface area contributed by atoms with Gasteiger partial charge in [0.05, 0.1) is 18.9 Å². The lowest BCUT2D eigenvalue weighted by atomic mass is 9.60. The van der Waals surface area contributed by atoms with Gasteiger partial charge in [0, 0.05) is 29.2 Å². The van der Waals surface area contributed by atoms with Crippen molar-refractivity contribution in [3.63, 3.8) is 0 Å². The van der Waals surface area contributed by atoms with Gasteiger partial charge in [-0.25, -0.2) is 0 Å². The number of ether oxygens (including phenoxy) is 1. The van der Waals surface area contributed by atoms with E-state index in [0.717, 1.165) is 11.1 Å². The minimum atomic E-state index is -0.518. The Bertz CT molecular complexity index is 1300. The standard InChI is InChI=1S/C28H27NO6/c1-4-29-27(33)18-9-8-16-17(7-5-15-6-10-21(30)23(12-15)35-3)24-20(13-19(16)25(18)28(29)34)22(31)11-14(2)26(24)32/h5-8,10-12,17-19,25,30H,4,9,13H2,1-3H3/t17-,18-,19+,25-/m0/s1. The van der Waals surface area contributed by atoms with E-state index >= 15 is 0 Å². The number of phenols is 1. The number of aromatic hydroxyl groups is 1. The summed E-state index contributed by atoms with van der Waals surface area (Å²) in [5, 5.41) is 9.91. The van der Waals surface area contributed by atoms with Crippen LogP contribution in [0.5, 0.6) is 11.5 Å². The monoisotopic (exact) mass is 473 g/mol. The molecule has 7 heteroatoms. The predicted octanol–water partition coefficient (Wildman–Crippen LogP) is 3.40. The second-order valence-corrected chi connectivity index (χ2v) is 9.48. The Labute approximate surface area is 203 Å². The summed E-state index contributed by atoms with van der Waals surface area (Å²) in [4.78, 5) is 53.7. The lowest BCUT2D eigenvalue weighted by Gasteiger charge is -2.41. The lowest BCUT2D eigenvalue weighted by molar-refractivity contribution is -0.139. The van der Waals surface area contributed by atoms with Crippen LogP contribution in [0.25, 0.3) is 6.08 Å². The van der Waals surface area contributed by atoms with Crippen molar-refractivity contribution in [2.45, 2.75) is 26.7 Å². The van der Waals surface area contributed by atoms with E-state index in [1.165, 1.54) is 24.2 Å². The summed E-state index contributed by atoms with van der Waals surface area (Å²) >= 11 is 0. The summed E-state index contributed by atoms with van der Waals surface area (Å²) in [5.41, 5.74) is 2.97. The third-order valence-electron chi connectivity index (χ3n) is 7.71. The first kappa shape index (κ1) is 23.0. The molecule has 1 heterocycles. The van der Waals surface area contributed by atoms with Gasteiger partial charge in [-0.05, 0) is 56.4 Å². The van der Waals surface area contributed by atoms with E-state index < -0.39 is 17.8 Å². The molecule has 5 rings (SSSR count). The Hall–Kier alpha value is -3.74. The number of ketones is 2. The SMILES string of the molecule is CCN1C(=O)[C@H]2[C@H](CC=C3[C@H](C=Cc4ccc(O)c(OC)c4)C4=C(C[C@H]32)C(=O)C=C(C)C4=O)C1=O. The fourth-order valence-electron chi connectivity index (χ4n) is 6.02. The van der Waals surface area contributed by atoms with Crippen molar-refractivity contribution in [1.29, 1.82) is 0 Å². The van der Waals surface area contributed by atoms with Gasteiger partial charge in [0.15, 0.2) is 23.1 Å². The van der Waals surface area contributed by atoms with Crippen LogP contribution in [0.2, 0.25) is 0 Å². The molecule has 1 saturated heterocycles. The molecule has 4 atom stereocenters. The van der Waals surface area contributed by atoms with Gasteiger partial charge < -0.3 is 9.84 Å². The summed E-state index contributed by atoms with van der Waals surface area (Å²) in [6.07, 6.45) is 7.80. The maximum atomic E-state index is 13.3. The van der Waals surface area contributed by atoms with Gasteiger partial charge in [-0.15, -0.1) is 0 Å². The highest BCUT2D eigenvalue weighted by Gasteiger charge is 2.55. The molecule has 4 aliphatic rings. The van der Waals surface area contributed by atoms with Gasteiger partial charge in [-0.3, -0.25) is 24.1 Å². The minimum Gasteiger partial charge on any atom is -0.504 e. The van der Waals surface area contributed by atoms with Crippen molar-refractivity contribution in [3.05, 3.63) is 64.3 Å². The molecule has 0 saturated carbocycles. The molecular formula is C28H27NO6. The number of rotatable bonds is 4. The van der Waals surface area contributed by atoms with Crippen molar-refractivity contribution >= 4 is 29.5 Å².